The number of amides is 5. The van der Waals surface area contributed by atoms with Gasteiger partial charge in [0.2, 0.25) is 5.91 Å². The van der Waals surface area contributed by atoms with Crippen LogP contribution >= 0.6 is 0 Å². The van der Waals surface area contributed by atoms with Gasteiger partial charge in [0.15, 0.2) is 0 Å². The van der Waals surface area contributed by atoms with Crippen molar-refractivity contribution in [1.82, 2.24) is 9.88 Å². The fourth-order valence-corrected chi connectivity index (χ4v) is 3.95. The van der Waals surface area contributed by atoms with E-state index in [2.05, 4.69) is 5.32 Å². The average Bonchev–Trinajstić information content (AvgIpc) is 3.05. The maximum atomic E-state index is 13.2. The Morgan fingerprint density at radius 3 is 2.27 bits per heavy atom. The highest BCUT2D eigenvalue weighted by atomic mass is 16.2. The number of rotatable bonds is 4. The number of urea groups is 1. The molecule has 4 rings (SSSR count). The molecule has 1 aliphatic rings. The van der Waals surface area contributed by atoms with E-state index in [1.54, 1.807) is 55.5 Å². The molecule has 3 aromatic rings. The van der Waals surface area contributed by atoms with Gasteiger partial charge in [-0.15, -0.1) is 0 Å². The van der Waals surface area contributed by atoms with E-state index < -0.39 is 23.8 Å². The molecule has 3 N–H and O–H groups in total. The maximum absolute atomic E-state index is 13.2. The molecule has 0 atom stereocenters. The molecule has 8 nitrogen and oxygen atoms in total. The van der Waals surface area contributed by atoms with Crippen molar-refractivity contribution in [2.24, 2.45) is 5.73 Å². The minimum Gasteiger partial charge on any atom is -0.366 e. The summed E-state index contributed by atoms with van der Waals surface area (Å²) in [6.07, 6.45) is 1.49. The van der Waals surface area contributed by atoms with E-state index in [0.29, 0.717) is 16.8 Å². The molecule has 2 aromatic carbocycles. The lowest BCUT2D eigenvalue weighted by Gasteiger charge is -2.27. The fourth-order valence-electron chi connectivity index (χ4n) is 3.95. The number of barbiturate groups is 1. The largest absolute Gasteiger partial charge is 0.366 e. The second-order valence-electron chi connectivity index (χ2n) is 7.82. The van der Waals surface area contributed by atoms with Crippen molar-refractivity contribution in [3.8, 4) is 5.69 Å². The van der Waals surface area contributed by atoms with Gasteiger partial charge >= 0.3 is 6.03 Å². The first kappa shape index (κ1) is 21.8. The summed E-state index contributed by atoms with van der Waals surface area (Å²) in [5, 5.41) is 2.25. The summed E-state index contributed by atoms with van der Waals surface area (Å²) in [5.74, 6) is -1.94. The zero-order valence-electron chi connectivity index (χ0n) is 18.4. The van der Waals surface area contributed by atoms with Crippen LogP contribution in [-0.2, 0) is 9.59 Å². The molecular weight excluding hydrogens is 420 g/mol. The summed E-state index contributed by atoms with van der Waals surface area (Å²) in [6, 6.07) is 14.8. The highest BCUT2D eigenvalue weighted by Gasteiger charge is 2.37. The van der Waals surface area contributed by atoms with E-state index in [-0.39, 0.29) is 5.57 Å². The van der Waals surface area contributed by atoms with Crippen LogP contribution in [0.1, 0.15) is 32.9 Å². The third-order valence-corrected chi connectivity index (χ3v) is 5.64. The number of nitrogens with zero attached hydrogens (tertiary/aromatic N) is 2. The number of nitrogens with two attached hydrogens (primary N) is 1. The first-order chi connectivity index (χ1) is 15.7. The normalized spacial score (nSPS) is 15.2. The van der Waals surface area contributed by atoms with Crippen LogP contribution in [0.15, 0.2) is 60.2 Å². The summed E-state index contributed by atoms with van der Waals surface area (Å²) in [4.78, 5) is 50.5. The number of benzene rings is 2. The number of imide groups is 2. The molecule has 1 fully saturated rings. The highest BCUT2D eigenvalue weighted by molar-refractivity contribution is 6.39. The molecule has 0 unspecified atom stereocenters. The van der Waals surface area contributed by atoms with Crippen molar-refractivity contribution in [3.63, 3.8) is 0 Å². The number of anilines is 1. The highest BCUT2D eigenvalue weighted by Crippen LogP contribution is 2.27. The van der Waals surface area contributed by atoms with Crippen molar-refractivity contribution < 1.29 is 19.2 Å². The predicted octanol–water partition coefficient (Wildman–Crippen LogP) is 3.17. The molecule has 0 spiro atoms. The van der Waals surface area contributed by atoms with Crippen molar-refractivity contribution in [1.29, 1.82) is 0 Å². The van der Waals surface area contributed by atoms with Gasteiger partial charge in [-0.1, -0.05) is 18.2 Å². The van der Waals surface area contributed by atoms with Gasteiger partial charge in [0.25, 0.3) is 11.8 Å². The Kier molecular flexibility index (Phi) is 5.43. The molecule has 0 radical (unpaired) electrons. The lowest BCUT2D eigenvalue weighted by atomic mass is 10.1. The van der Waals surface area contributed by atoms with Gasteiger partial charge in [0.1, 0.15) is 5.57 Å². The SMILES string of the molecule is Cc1ccccc1N1C(=O)NC(=O)/C(=C\c2cc(C)n(-c3ccc(C(N)=O)cc3)c2C)C1=O. The van der Waals surface area contributed by atoms with Crippen LogP contribution in [0, 0.1) is 20.8 Å². The van der Waals surface area contributed by atoms with E-state index >= 15 is 0 Å². The van der Waals surface area contributed by atoms with E-state index in [4.69, 9.17) is 5.73 Å². The minimum atomic E-state index is -0.781. The van der Waals surface area contributed by atoms with Crippen molar-refractivity contribution in [2.75, 3.05) is 4.90 Å². The number of aryl methyl sites for hydroxylation is 2. The van der Waals surface area contributed by atoms with Crippen LogP contribution in [0.4, 0.5) is 10.5 Å². The topological polar surface area (TPSA) is 114 Å². The number of nitrogens with one attached hydrogen (secondary N) is 1. The van der Waals surface area contributed by atoms with Gasteiger partial charge in [-0.3, -0.25) is 19.7 Å². The second kappa shape index (κ2) is 8.23. The van der Waals surface area contributed by atoms with E-state index in [0.717, 1.165) is 27.5 Å². The fraction of sp³-hybridized carbons (Fsp3) is 0.120. The number of aromatic nitrogens is 1. The second-order valence-corrected chi connectivity index (χ2v) is 7.82. The number of hydrogen-bond acceptors (Lipinski definition) is 4. The Morgan fingerprint density at radius 1 is 0.970 bits per heavy atom. The lowest BCUT2D eigenvalue weighted by Crippen LogP contribution is -2.54. The van der Waals surface area contributed by atoms with Crippen LogP contribution in [0.2, 0.25) is 0 Å². The van der Waals surface area contributed by atoms with Gasteiger partial charge in [0, 0.05) is 22.6 Å². The Balaban J connectivity index is 1.75. The van der Waals surface area contributed by atoms with Crippen LogP contribution in [-0.4, -0.2) is 28.3 Å². The molecule has 1 aliphatic heterocycles. The number of carbonyl (C=O) groups excluding carboxylic acids is 4. The standard InChI is InChI=1S/C25H22N4O4/c1-14-6-4-5-7-21(14)29-24(32)20(23(31)27-25(29)33)13-18-12-15(2)28(16(18)3)19-10-8-17(9-11-19)22(26)30/h4-13H,1-3H3,(H2,26,30)(H,27,31,33)/b20-13+. The first-order valence-electron chi connectivity index (χ1n) is 10.3. The molecule has 1 aromatic heterocycles. The maximum Gasteiger partial charge on any atom is 0.335 e. The number of primary amides is 1. The van der Waals surface area contributed by atoms with Gasteiger partial charge in [-0.2, -0.15) is 0 Å². The van der Waals surface area contributed by atoms with Crippen LogP contribution < -0.4 is 16.0 Å². The summed E-state index contributed by atoms with van der Waals surface area (Å²) < 4.78 is 1.94. The van der Waals surface area contributed by atoms with Crippen LogP contribution in [0.25, 0.3) is 11.8 Å². The molecule has 1 saturated heterocycles. The number of hydrogen-bond donors (Lipinski definition) is 2. The molecule has 0 bridgehead atoms. The predicted molar refractivity (Wildman–Crippen MR) is 124 cm³/mol. The molecule has 8 heteroatoms. The first-order valence-corrected chi connectivity index (χ1v) is 10.3. The van der Waals surface area contributed by atoms with Gasteiger partial charge in [-0.05, 0) is 74.4 Å². The number of carbonyl (C=O) groups is 4. The summed E-state index contributed by atoms with van der Waals surface area (Å²) in [5.41, 5.74) is 9.83. The van der Waals surface area contributed by atoms with E-state index in [1.165, 1.54) is 6.08 Å². The summed E-state index contributed by atoms with van der Waals surface area (Å²) in [6.45, 7) is 5.53. The molecule has 0 aliphatic carbocycles. The van der Waals surface area contributed by atoms with Gasteiger partial charge in [-0.25, -0.2) is 9.69 Å². The zero-order chi connectivity index (χ0) is 23.9. The lowest BCUT2D eigenvalue weighted by molar-refractivity contribution is -0.122. The third kappa shape index (κ3) is 3.82. The Bertz CT molecular complexity index is 1350. The Labute approximate surface area is 190 Å². The molecule has 166 valence electrons. The van der Waals surface area contributed by atoms with Crippen molar-refractivity contribution in [2.45, 2.75) is 20.8 Å². The smallest absolute Gasteiger partial charge is 0.335 e. The van der Waals surface area contributed by atoms with E-state index in [9.17, 15) is 19.2 Å². The van der Waals surface area contributed by atoms with Crippen molar-refractivity contribution in [3.05, 3.63) is 88.2 Å². The summed E-state index contributed by atoms with van der Waals surface area (Å²) >= 11 is 0. The Hall–Kier alpha value is -4.46. The van der Waals surface area contributed by atoms with Gasteiger partial charge < -0.3 is 10.3 Å². The average molecular weight is 442 g/mol. The van der Waals surface area contributed by atoms with Crippen LogP contribution in [0.5, 0.6) is 0 Å². The van der Waals surface area contributed by atoms with E-state index in [1.807, 2.05) is 24.5 Å². The molecular formula is C25H22N4O4. The zero-order valence-corrected chi connectivity index (χ0v) is 18.4. The monoisotopic (exact) mass is 442 g/mol. The molecule has 33 heavy (non-hydrogen) atoms. The third-order valence-electron chi connectivity index (χ3n) is 5.64. The van der Waals surface area contributed by atoms with Gasteiger partial charge in [0.05, 0.1) is 5.69 Å². The van der Waals surface area contributed by atoms with Crippen molar-refractivity contribution >= 4 is 35.5 Å². The molecule has 5 amide bonds. The number of para-hydroxylation sites is 1. The quantitative estimate of drug-likeness (QED) is 0.477. The molecule has 0 saturated carbocycles. The Morgan fingerprint density at radius 2 is 1.64 bits per heavy atom. The molecule has 2 heterocycles. The summed E-state index contributed by atoms with van der Waals surface area (Å²) in [7, 11) is 0. The van der Waals surface area contributed by atoms with Crippen LogP contribution in [0.3, 0.4) is 0 Å². The minimum absolute atomic E-state index is 0.137.